The van der Waals surface area contributed by atoms with Crippen molar-refractivity contribution in [3.63, 3.8) is 0 Å². The molecule has 0 unspecified atom stereocenters. The van der Waals surface area contributed by atoms with Gasteiger partial charge in [0.1, 0.15) is 0 Å². The summed E-state index contributed by atoms with van der Waals surface area (Å²) < 4.78 is 5.21. The zero-order chi connectivity index (χ0) is 14.1. The summed E-state index contributed by atoms with van der Waals surface area (Å²) in [5, 5.41) is 0. The number of piperidine rings is 1. The minimum Gasteiger partial charge on any atom is -0.377 e. The minimum absolute atomic E-state index is 0.222. The lowest BCUT2D eigenvalue weighted by Crippen LogP contribution is -2.55. The molecule has 3 aliphatic rings. The Hall–Kier alpha value is -0.810. The molecule has 3 fully saturated rings. The molecule has 114 valence electrons. The highest BCUT2D eigenvalue weighted by atomic mass is 16.5. The number of nitrogens with zero attached hydrogens (tertiary/aromatic N) is 3. The normalized spacial score (nSPS) is 29.5. The van der Waals surface area contributed by atoms with Crippen LogP contribution >= 0.6 is 0 Å². The van der Waals surface area contributed by atoms with Gasteiger partial charge in [-0.2, -0.15) is 0 Å². The number of likely N-dealkylation sites (tertiary alicyclic amines) is 2. The molecule has 5 nitrogen and oxygen atoms in total. The van der Waals surface area contributed by atoms with E-state index in [0.29, 0.717) is 31.2 Å². The molecule has 3 heterocycles. The number of hydrogen-bond donors (Lipinski definition) is 0. The molecule has 5 heteroatoms. The molecule has 0 aromatic heterocycles. The Morgan fingerprint density at radius 2 is 1.85 bits per heavy atom. The number of likely N-dealkylation sites (N-methyl/N-ethyl adjacent to an activating group) is 1. The fourth-order valence-electron chi connectivity index (χ4n) is 3.74. The Bertz CT molecular complexity index is 351. The zero-order valence-corrected chi connectivity index (χ0v) is 12.8. The Kier molecular flexibility index (Phi) is 4.17. The van der Waals surface area contributed by atoms with E-state index in [1.165, 1.54) is 32.4 Å². The van der Waals surface area contributed by atoms with Crippen molar-refractivity contribution in [1.29, 1.82) is 0 Å². The summed E-state index contributed by atoms with van der Waals surface area (Å²) in [7, 11) is 4.12. The van der Waals surface area contributed by atoms with Crippen molar-refractivity contribution in [2.75, 3.05) is 46.9 Å². The summed E-state index contributed by atoms with van der Waals surface area (Å²) in [6.07, 6.45) is 4.83. The van der Waals surface area contributed by atoms with Gasteiger partial charge < -0.3 is 19.4 Å². The number of hydrogen-bond acceptors (Lipinski definition) is 3. The number of amides is 2. The van der Waals surface area contributed by atoms with Crippen molar-refractivity contribution in [3.8, 4) is 0 Å². The predicted octanol–water partition coefficient (Wildman–Crippen LogP) is 1.24. The van der Waals surface area contributed by atoms with Crippen LogP contribution in [0.5, 0.6) is 0 Å². The maximum Gasteiger partial charge on any atom is 0.320 e. The van der Waals surface area contributed by atoms with Gasteiger partial charge in [-0.25, -0.2) is 4.79 Å². The molecule has 0 radical (unpaired) electrons. The lowest BCUT2D eigenvalue weighted by Gasteiger charge is -2.41. The summed E-state index contributed by atoms with van der Waals surface area (Å²) in [5.74, 6) is 0.698. The van der Waals surface area contributed by atoms with Crippen molar-refractivity contribution >= 4 is 6.03 Å². The molecule has 0 aromatic carbocycles. The van der Waals surface area contributed by atoms with Crippen molar-refractivity contribution in [3.05, 3.63) is 0 Å². The molecule has 3 saturated heterocycles. The van der Waals surface area contributed by atoms with E-state index in [1.807, 2.05) is 11.9 Å². The lowest BCUT2D eigenvalue weighted by molar-refractivity contribution is -0.0473. The molecule has 0 saturated carbocycles. The first kappa shape index (κ1) is 14.1. The number of urea groups is 1. The smallest absolute Gasteiger partial charge is 0.320 e. The molecule has 2 amide bonds. The SMILES string of the molecule is CN1CCC([C@@H]2CCCN2C(=O)N(C)C2COC2)CC1. The molecule has 1 atom stereocenters. The van der Waals surface area contributed by atoms with Gasteiger partial charge in [-0.3, -0.25) is 0 Å². The summed E-state index contributed by atoms with van der Waals surface area (Å²) >= 11 is 0. The highest BCUT2D eigenvalue weighted by Crippen LogP contribution is 2.31. The summed E-state index contributed by atoms with van der Waals surface area (Å²) in [6.45, 7) is 4.70. The van der Waals surface area contributed by atoms with Crippen molar-refractivity contribution in [2.45, 2.75) is 37.8 Å². The van der Waals surface area contributed by atoms with E-state index in [1.54, 1.807) is 0 Å². The molecule has 20 heavy (non-hydrogen) atoms. The van der Waals surface area contributed by atoms with Crippen LogP contribution in [0.15, 0.2) is 0 Å². The second-order valence-corrected chi connectivity index (χ2v) is 6.63. The molecular weight excluding hydrogens is 254 g/mol. The standard InChI is InChI=1S/C15H27N3O2/c1-16-8-5-12(6-9-16)14-4-3-7-18(14)15(19)17(2)13-10-20-11-13/h12-14H,3-11H2,1-2H3/t14-/m0/s1. The first-order valence-corrected chi connectivity index (χ1v) is 7.96. The predicted molar refractivity (Wildman–Crippen MR) is 77.7 cm³/mol. The fourth-order valence-corrected chi connectivity index (χ4v) is 3.74. The van der Waals surface area contributed by atoms with Crippen LogP contribution in [0.25, 0.3) is 0 Å². The van der Waals surface area contributed by atoms with Gasteiger partial charge in [-0.15, -0.1) is 0 Å². The average molecular weight is 281 g/mol. The van der Waals surface area contributed by atoms with Gasteiger partial charge in [0.15, 0.2) is 0 Å². The van der Waals surface area contributed by atoms with Crippen LogP contribution in [0.2, 0.25) is 0 Å². The average Bonchev–Trinajstić information content (AvgIpc) is 2.85. The minimum atomic E-state index is 0.222. The molecule has 0 bridgehead atoms. The number of carbonyl (C=O) groups excluding carboxylic acids is 1. The topological polar surface area (TPSA) is 36.0 Å². The third-order valence-corrected chi connectivity index (χ3v) is 5.32. The van der Waals surface area contributed by atoms with Crippen LogP contribution in [-0.2, 0) is 4.74 Å². The monoisotopic (exact) mass is 281 g/mol. The number of carbonyl (C=O) groups is 1. The van der Waals surface area contributed by atoms with E-state index >= 15 is 0 Å². The van der Waals surface area contributed by atoms with Crippen LogP contribution in [0, 0.1) is 5.92 Å². The van der Waals surface area contributed by atoms with Crippen molar-refractivity contribution < 1.29 is 9.53 Å². The lowest BCUT2D eigenvalue weighted by atomic mass is 9.88. The Balaban J connectivity index is 1.61. The van der Waals surface area contributed by atoms with Crippen molar-refractivity contribution in [2.24, 2.45) is 5.92 Å². The van der Waals surface area contributed by atoms with Gasteiger partial charge in [-0.05, 0) is 51.7 Å². The van der Waals surface area contributed by atoms with Gasteiger partial charge in [0.25, 0.3) is 0 Å². The number of ether oxygens (including phenoxy) is 1. The Morgan fingerprint density at radius 3 is 2.45 bits per heavy atom. The summed E-state index contributed by atoms with van der Waals surface area (Å²) in [5.41, 5.74) is 0. The van der Waals surface area contributed by atoms with E-state index in [2.05, 4.69) is 16.8 Å². The molecule has 0 aliphatic carbocycles. The van der Waals surface area contributed by atoms with E-state index in [0.717, 1.165) is 13.0 Å². The fraction of sp³-hybridized carbons (Fsp3) is 0.933. The first-order chi connectivity index (χ1) is 9.66. The van der Waals surface area contributed by atoms with E-state index in [4.69, 9.17) is 4.74 Å². The molecular formula is C15H27N3O2. The second-order valence-electron chi connectivity index (χ2n) is 6.63. The van der Waals surface area contributed by atoms with Crippen LogP contribution in [-0.4, -0.2) is 79.8 Å². The van der Waals surface area contributed by atoms with Crippen LogP contribution in [0.1, 0.15) is 25.7 Å². The third-order valence-electron chi connectivity index (χ3n) is 5.32. The molecule has 3 aliphatic heterocycles. The zero-order valence-electron chi connectivity index (χ0n) is 12.8. The molecule has 3 rings (SSSR count). The largest absolute Gasteiger partial charge is 0.377 e. The molecule has 0 spiro atoms. The van der Waals surface area contributed by atoms with E-state index in [-0.39, 0.29) is 6.03 Å². The Morgan fingerprint density at radius 1 is 1.15 bits per heavy atom. The third kappa shape index (κ3) is 2.66. The first-order valence-electron chi connectivity index (χ1n) is 7.96. The van der Waals surface area contributed by atoms with E-state index < -0.39 is 0 Å². The summed E-state index contributed by atoms with van der Waals surface area (Å²) in [4.78, 5) is 19.1. The van der Waals surface area contributed by atoms with Crippen LogP contribution in [0.3, 0.4) is 0 Å². The summed E-state index contributed by atoms with van der Waals surface area (Å²) in [6, 6.07) is 0.987. The highest BCUT2D eigenvalue weighted by molar-refractivity contribution is 5.75. The van der Waals surface area contributed by atoms with Crippen molar-refractivity contribution in [1.82, 2.24) is 14.7 Å². The van der Waals surface area contributed by atoms with Gasteiger partial charge in [0, 0.05) is 19.6 Å². The van der Waals surface area contributed by atoms with Crippen LogP contribution < -0.4 is 0 Å². The quantitative estimate of drug-likeness (QED) is 0.764. The van der Waals surface area contributed by atoms with Gasteiger partial charge in [0.2, 0.25) is 0 Å². The number of rotatable bonds is 2. The maximum absolute atomic E-state index is 12.7. The van der Waals surface area contributed by atoms with Gasteiger partial charge >= 0.3 is 6.03 Å². The van der Waals surface area contributed by atoms with E-state index in [9.17, 15) is 4.79 Å². The highest BCUT2D eigenvalue weighted by Gasteiger charge is 2.39. The van der Waals surface area contributed by atoms with Crippen LogP contribution in [0.4, 0.5) is 4.79 Å². The molecule has 0 N–H and O–H groups in total. The molecule has 0 aromatic rings. The second kappa shape index (κ2) is 5.90. The van der Waals surface area contributed by atoms with Gasteiger partial charge in [-0.1, -0.05) is 0 Å². The van der Waals surface area contributed by atoms with Gasteiger partial charge in [0.05, 0.1) is 19.3 Å². The Labute approximate surface area is 121 Å². The maximum atomic E-state index is 12.7.